The Morgan fingerprint density at radius 1 is 1.03 bits per heavy atom. The number of phenols is 1. The van der Waals surface area contributed by atoms with E-state index in [1.165, 1.54) is 16.7 Å². The van der Waals surface area contributed by atoms with Gasteiger partial charge in [0.05, 0.1) is 26.9 Å². The van der Waals surface area contributed by atoms with Gasteiger partial charge in [0.25, 0.3) is 0 Å². The number of hydrogen-bond donors (Lipinski definition) is 1. The number of carbonyl (C=O) groups is 1. The van der Waals surface area contributed by atoms with Crippen LogP contribution in [0.3, 0.4) is 0 Å². The Morgan fingerprint density at radius 2 is 1.86 bits per heavy atom. The molecular formula is C30H35NO5. The van der Waals surface area contributed by atoms with Gasteiger partial charge >= 0.3 is 0 Å². The van der Waals surface area contributed by atoms with E-state index in [1.54, 1.807) is 33.3 Å². The van der Waals surface area contributed by atoms with E-state index in [0.717, 1.165) is 29.8 Å². The molecule has 0 amide bonds. The lowest BCUT2D eigenvalue weighted by Crippen LogP contribution is -2.37. The van der Waals surface area contributed by atoms with Crippen LogP contribution < -0.4 is 14.2 Å². The summed E-state index contributed by atoms with van der Waals surface area (Å²) < 4.78 is 17.4. The molecule has 0 saturated heterocycles. The highest BCUT2D eigenvalue weighted by molar-refractivity contribution is 5.75. The maximum Gasteiger partial charge on any atom is 0.161 e. The lowest BCUT2D eigenvalue weighted by atomic mass is 9.85. The number of phenolic OH excluding ortho intramolecular Hbond substituents is 1. The SMILES string of the molecule is COc1ccc(C2c3cc(OCCc4cccc(O)c4)c(OC)cc3CCN2CCC(C)=O)c(C)c1. The van der Waals surface area contributed by atoms with Crippen LogP contribution in [0.2, 0.25) is 0 Å². The number of nitrogens with zero attached hydrogens (tertiary/aromatic N) is 1. The number of methoxy groups -OCH3 is 2. The largest absolute Gasteiger partial charge is 0.508 e. The van der Waals surface area contributed by atoms with E-state index in [4.69, 9.17) is 14.2 Å². The van der Waals surface area contributed by atoms with Crippen LogP contribution >= 0.6 is 0 Å². The van der Waals surface area contributed by atoms with Gasteiger partial charge in [0.1, 0.15) is 17.3 Å². The summed E-state index contributed by atoms with van der Waals surface area (Å²) in [6, 6.07) is 17.6. The van der Waals surface area contributed by atoms with Gasteiger partial charge in [-0.3, -0.25) is 9.69 Å². The van der Waals surface area contributed by atoms with Crippen molar-refractivity contribution in [3.63, 3.8) is 0 Å². The van der Waals surface area contributed by atoms with E-state index >= 15 is 0 Å². The molecule has 1 heterocycles. The second-order valence-electron chi connectivity index (χ2n) is 9.33. The van der Waals surface area contributed by atoms with E-state index in [1.807, 2.05) is 18.2 Å². The first-order valence-electron chi connectivity index (χ1n) is 12.4. The van der Waals surface area contributed by atoms with Crippen molar-refractivity contribution in [3.8, 4) is 23.0 Å². The topological polar surface area (TPSA) is 68.2 Å². The molecule has 1 atom stereocenters. The third kappa shape index (κ3) is 5.82. The number of aryl methyl sites for hydroxylation is 1. The van der Waals surface area contributed by atoms with Crippen molar-refractivity contribution in [2.75, 3.05) is 33.9 Å². The molecule has 0 aliphatic carbocycles. The number of aromatic hydroxyl groups is 1. The van der Waals surface area contributed by atoms with Crippen LogP contribution in [-0.4, -0.2) is 49.7 Å². The highest BCUT2D eigenvalue weighted by Crippen LogP contribution is 2.42. The molecule has 1 unspecified atom stereocenters. The molecule has 3 aromatic carbocycles. The molecule has 1 aliphatic rings. The Bertz CT molecular complexity index is 1220. The Hall–Kier alpha value is -3.51. The third-order valence-corrected chi connectivity index (χ3v) is 6.84. The van der Waals surface area contributed by atoms with Gasteiger partial charge in [-0.1, -0.05) is 18.2 Å². The van der Waals surface area contributed by atoms with Gasteiger partial charge in [0.15, 0.2) is 11.5 Å². The van der Waals surface area contributed by atoms with Gasteiger partial charge < -0.3 is 19.3 Å². The zero-order valence-corrected chi connectivity index (χ0v) is 21.5. The smallest absolute Gasteiger partial charge is 0.161 e. The summed E-state index contributed by atoms with van der Waals surface area (Å²) in [6.45, 7) is 5.76. The predicted molar refractivity (Wildman–Crippen MR) is 140 cm³/mol. The van der Waals surface area contributed by atoms with E-state index in [9.17, 15) is 9.90 Å². The first-order chi connectivity index (χ1) is 17.4. The lowest BCUT2D eigenvalue weighted by molar-refractivity contribution is -0.117. The van der Waals surface area contributed by atoms with Crippen LogP contribution in [-0.2, 0) is 17.6 Å². The number of ether oxygens (including phenoxy) is 3. The number of rotatable bonds is 10. The van der Waals surface area contributed by atoms with Crippen LogP contribution in [0.4, 0.5) is 0 Å². The van der Waals surface area contributed by atoms with E-state index in [0.29, 0.717) is 37.5 Å². The molecule has 0 spiro atoms. The Kier molecular flexibility index (Phi) is 8.16. The van der Waals surface area contributed by atoms with E-state index in [-0.39, 0.29) is 17.6 Å². The van der Waals surface area contributed by atoms with Gasteiger partial charge in [0, 0.05) is 25.9 Å². The zero-order valence-electron chi connectivity index (χ0n) is 21.5. The highest BCUT2D eigenvalue weighted by Gasteiger charge is 2.31. The second kappa shape index (κ2) is 11.5. The number of benzene rings is 3. The fourth-order valence-corrected chi connectivity index (χ4v) is 4.93. The van der Waals surface area contributed by atoms with Crippen LogP contribution in [0.5, 0.6) is 23.0 Å². The van der Waals surface area contributed by atoms with Crippen LogP contribution in [0, 0.1) is 6.92 Å². The molecule has 3 aromatic rings. The average Bonchev–Trinajstić information content (AvgIpc) is 2.87. The summed E-state index contributed by atoms with van der Waals surface area (Å²) in [5.74, 6) is 2.68. The number of ketones is 1. The van der Waals surface area contributed by atoms with Crippen LogP contribution in [0.15, 0.2) is 54.6 Å². The Labute approximate surface area is 213 Å². The van der Waals surface area contributed by atoms with Crippen molar-refractivity contribution >= 4 is 5.78 Å². The highest BCUT2D eigenvalue weighted by atomic mass is 16.5. The fourth-order valence-electron chi connectivity index (χ4n) is 4.93. The van der Waals surface area contributed by atoms with E-state index < -0.39 is 0 Å². The van der Waals surface area contributed by atoms with Crippen molar-refractivity contribution in [2.24, 2.45) is 0 Å². The summed E-state index contributed by atoms with van der Waals surface area (Å²) in [6.07, 6.45) is 2.06. The molecule has 0 fully saturated rings. The lowest BCUT2D eigenvalue weighted by Gasteiger charge is -2.38. The van der Waals surface area contributed by atoms with Crippen LogP contribution in [0.1, 0.15) is 47.2 Å². The average molecular weight is 490 g/mol. The van der Waals surface area contributed by atoms with Crippen molar-refractivity contribution in [3.05, 3.63) is 82.4 Å². The minimum atomic E-state index is -0.00154. The molecule has 0 radical (unpaired) electrons. The molecule has 0 aromatic heterocycles. The number of carbonyl (C=O) groups excluding carboxylic acids is 1. The van der Waals surface area contributed by atoms with E-state index in [2.05, 4.69) is 36.1 Å². The molecule has 1 aliphatic heterocycles. The monoisotopic (exact) mass is 489 g/mol. The predicted octanol–water partition coefficient (Wildman–Crippen LogP) is 5.27. The molecule has 6 heteroatoms. The van der Waals surface area contributed by atoms with Gasteiger partial charge in [-0.05, 0) is 84.5 Å². The summed E-state index contributed by atoms with van der Waals surface area (Å²) in [7, 11) is 3.34. The summed E-state index contributed by atoms with van der Waals surface area (Å²) in [5, 5.41) is 9.75. The van der Waals surface area contributed by atoms with Crippen molar-refractivity contribution < 1.29 is 24.1 Å². The molecular weight excluding hydrogens is 454 g/mol. The number of hydrogen-bond acceptors (Lipinski definition) is 6. The maximum atomic E-state index is 11.8. The standard InChI is InChI=1S/C30H35NO5/c1-20-16-25(34-3)8-9-26(20)30-27-19-29(36-15-12-22-6-5-7-24(33)17-22)28(35-4)18-23(27)11-14-31(30)13-10-21(2)32/h5-9,16-19,30,33H,10-15H2,1-4H3. The maximum absolute atomic E-state index is 11.8. The summed E-state index contributed by atoms with van der Waals surface area (Å²) >= 11 is 0. The third-order valence-electron chi connectivity index (χ3n) is 6.84. The molecule has 190 valence electrons. The number of fused-ring (bicyclic) bond motifs is 1. The Morgan fingerprint density at radius 3 is 2.56 bits per heavy atom. The van der Waals surface area contributed by atoms with Gasteiger partial charge in [0.2, 0.25) is 0 Å². The summed E-state index contributed by atoms with van der Waals surface area (Å²) in [4.78, 5) is 14.2. The molecule has 36 heavy (non-hydrogen) atoms. The minimum Gasteiger partial charge on any atom is -0.508 e. The van der Waals surface area contributed by atoms with Crippen molar-refractivity contribution in [1.82, 2.24) is 4.90 Å². The number of Topliss-reactive ketones (excluding diaryl/α,β-unsaturated/α-hetero) is 1. The van der Waals surface area contributed by atoms with Crippen molar-refractivity contribution in [2.45, 2.75) is 39.2 Å². The van der Waals surface area contributed by atoms with Crippen molar-refractivity contribution in [1.29, 1.82) is 0 Å². The van der Waals surface area contributed by atoms with Crippen LogP contribution in [0.25, 0.3) is 0 Å². The molecule has 1 N–H and O–H groups in total. The zero-order chi connectivity index (χ0) is 25.7. The summed E-state index contributed by atoms with van der Waals surface area (Å²) in [5.41, 5.74) is 5.74. The second-order valence-corrected chi connectivity index (χ2v) is 9.33. The minimum absolute atomic E-state index is 0.00154. The molecule has 0 saturated carbocycles. The molecule has 4 rings (SSSR count). The molecule has 0 bridgehead atoms. The Balaban J connectivity index is 1.68. The fraction of sp³-hybridized carbons (Fsp3) is 0.367. The van der Waals surface area contributed by atoms with Gasteiger partial charge in [-0.15, -0.1) is 0 Å². The molecule has 6 nitrogen and oxygen atoms in total. The quantitative estimate of drug-likeness (QED) is 0.419. The first kappa shape index (κ1) is 25.6. The van der Waals surface area contributed by atoms with Gasteiger partial charge in [-0.25, -0.2) is 0 Å². The first-order valence-corrected chi connectivity index (χ1v) is 12.4. The van der Waals surface area contributed by atoms with Gasteiger partial charge in [-0.2, -0.15) is 0 Å². The normalized spacial score (nSPS) is 15.3.